The minimum atomic E-state index is 0.268. The highest BCUT2D eigenvalue weighted by Crippen LogP contribution is 2.21. The van der Waals surface area contributed by atoms with Crippen molar-refractivity contribution in [2.75, 3.05) is 14.2 Å². The standard InChI is InChI=1S/C12H23NO/c1-10(14-3)12(13-2)11-8-6-4-5-7-9-11/h8,10,12-13H,4-7,9H2,1-3H3. The maximum Gasteiger partial charge on any atom is 0.0734 e. The van der Waals surface area contributed by atoms with Crippen molar-refractivity contribution in [3.8, 4) is 0 Å². The molecule has 0 saturated heterocycles. The van der Waals surface area contributed by atoms with Gasteiger partial charge >= 0.3 is 0 Å². The van der Waals surface area contributed by atoms with Crippen LogP contribution in [0.25, 0.3) is 0 Å². The van der Waals surface area contributed by atoms with Gasteiger partial charge in [-0.05, 0) is 39.7 Å². The molecular weight excluding hydrogens is 174 g/mol. The molecule has 0 aliphatic heterocycles. The van der Waals surface area contributed by atoms with Crippen molar-refractivity contribution in [3.63, 3.8) is 0 Å². The molecule has 14 heavy (non-hydrogen) atoms. The zero-order valence-corrected chi connectivity index (χ0v) is 9.68. The SMILES string of the molecule is CNC(C1=CCCCCC1)C(C)OC. The van der Waals surface area contributed by atoms with E-state index in [0.29, 0.717) is 6.04 Å². The van der Waals surface area contributed by atoms with Gasteiger partial charge in [-0.1, -0.05) is 18.1 Å². The van der Waals surface area contributed by atoms with Crippen molar-refractivity contribution in [3.05, 3.63) is 11.6 Å². The zero-order valence-electron chi connectivity index (χ0n) is 9.68. The first kappa shape index (κ1) is 11.7. The minimum absolute atomic E-state index is 0.268. The highest BCUT2D eigenvalue weighted by atomic mass is 16.5. The molecule has 2 nitrogen and oxygen atoms in total. The summed E-state index contributed by atoms with van der Waals surface area (Å²) in [5.74, 6) is 0. The molecule has 2 unspecified atom stereocenters. The summed E-state index contributed by atoms with van der Waals surface area (Å²) in [6, 6.07) is 0.401. The van der Waals surface area contributed by atoms with Crippen LogP contribution < -0.4 is 5.32 Å². The van der Waals surface area contributed by atoms with Gasteiger partial charge in [0.15, 0.2) is 0 Å². The summed E-state index contributed by atoms with van der Waals surface area (Å²) in [5.41, 5.74) is 1.54. The van der Waals surface area contributed by atoms with Crippen molar-refractivity contribution in [1.29, 1.82) is 0 Å². The molecule has 1 N–H and O–H groups in total. The van der Waals surface area contributed by atoms with Gasteiger partial charge in [0.1, 0.15) is 0 Å². The fourth-order valence-electron chi connectivity index (χ4n) is 2.18. The lowest BCUT2D eigenvalue weighted by molar-refractivity contribution is 0.0951. The summed E-state index contributed by atoms with van der Waals surface area (Å²) in [4.78, 5) is 0. The molecule has 2 atom stereocenters. The van der Waals surface area contributed by atoms with Crippen LogP contribution in [0.3, 0.4) is 0 Å². The topological polar surface area (TPSA) is 21.3 Å². The number of ether oxygens (including phenoxy) is 1. The lowest BCUT2D eigenvalue weighted by Crippen LogP contribution is -2.38. The molecule has 0 aromatic carbocycles. The van der Waals surface area contributed by atoms with E-state index in [9.17, 15) is 0 Å². The number of hydrogen-bond acceptors (Lipinski definition) is 2. The Morgan fingerprint density at radius 1 is 1.36 bits per heavy atom. The quantitative estimate of drug-likeness (QED) is 0.699. The Kier molecular flexibility index (Phi) is 5.20. The van der Waals surface area contributed by atoms with Gasteiger partial charge < -0.3 is 10.1 Å². The largest absolute Gasteiger partial charge is 0.380 e. The first-order valence-electron chi connectivity index (χ1n) is 5.68. The number of rotatable bonds is 4. The second-order valence-corrected chi connectivity index (χ2v) is 4.09. The Morgan fingerprint density at radius 3 is 2.79 bits per heavy atom. The first-order valence-corrected chi connectivity index (χ1v) is 5.68. The summed E-state index contributed by atoms with van der Waals surface area (Å²) in [5, 5.41) is 3.36. The third kappa shape index (κ3) is 3.10. The van der Waals surface area contributed by atoms with Crippen LogP contribution in [0, 0.1) is 0 Å². The highest BCUT2D eigenvalue weighted by molar-refractivity contribution is 5.13. The van der Waals surface area contributed by atoms with Crippen molar-refractivity contribution < 1.29 is 4.74 Å². The van der Waals surface area contributed by atoms with Gasteiger partial charge in [0.05, 0.1) is 12.1 Å². The molecule has 0 amide bonds. The number of methoxy groups -OCH3 is 1. The monoisotopic (exact) mass is 197 g/mol. The van der Waals surface area contributed by atoms with E-state index < -0.39 is 0 Å². The van der Waals surface area contributed by atoms with E-state index in [1.165, 1.54) is 32.1 Å². The normalized spacial score (nSPS) is 22.4. The van der Waals surface area contributed by atoms with Crippen molar-refractivity contribution >= 4 is 0 Å². The van der Waals surface area contributed by atoms with Gasteiger partial charge in [0.2, 0.25) is 0 Å². The van der Waals surface area contributed by atoms with Gasteiger partial charge in [-0.25, -0.2) is 0 Å². The van der Waals surface area contributed by atoms with Gasteiger partial charge in [-0.15, -0.1) is 0 Å². The average Bonchev–Trinajstić information content (AvgIpc) is 2.47. The molecule has 1 rings (SSSR count). The highest BCUT2D eigenvalue weighted by Gasteiger charge is 2.19. The first-order chi connectivity index (χ1) is 6.79. The van der Waals surface area contributed by atoms with Gasteiger partial charge in [0.25, 0.3) is 0 Å². The predicted molar refractivity (Wildman–Crippen MR) is 60.5 cm³/mol. The van der Waals surface area contributed by atoms with Crippen molar-refractivity contribution in [2.24, 2.45) is 0 Å². The Labute approximate surface area is 87.7 Å². The zero-order chi connectivity index (χ0) is 10.4. The van der Waals surface area contributed by atoms with Crippen LogP contribution >= 0.6 is 0 Å². The second-order valence-electron chi connectivity index (χ2n) is 4.09. The fraction of sp³-hybridized carbons (Fsp3) is 0.833. The summed E-state index contributed by atoms with van der Waals surface area (Å²) < 4.78 is 5.39. The van der Waals surface area contributed by atoms with Crippen LogP contribution in [-0.2, 0) is 4.74 Å². The molecule has 1 aliphatic rings. The number of hydrogen-bond donors (Lipinski definition) is 1. The Hall–Kier alpha value is -0.340. The summed E-state index contributed by atoms with van der Waals surface area (Å²) in [6.07, 6.45) is 9.20. The molecule has 0 fully saturated rings. The summed E-state index contributed by atoms with van der Waals surface area (Å²) in [6.45, 7) is 2.13. The van der Waals surface area contributed by atoms with Crippen LogP contribution in [0.1, 0.15) is 39.0 Å². The predicted octanol–water partition coefficient (Wildman–Crippen LogP) is 2.50. The van der Waals surface area contributed by atoms with Gasteiger partial charge in [0, 0.05) is 7.11 Å². The lowest BCUT2D eigenvalue weighted by Gasteiger charge is -2.25. The van der Waals surface area contributed by atoms with Crippen molar-refractivity contribution in [2.45, 2.75) is 51.2 Å². The van der Waals surface area contributed by atoms with E-state index in [0.717, 1.165) is 0 Å². The van der Waals surface area contributed by atoms with Crippen LogP contribution in [0.5, 0.6) is 0 Å². The Bertz CT molecular complexity index is 189. The van der Waals surface area contributed by atoms with E-state index in [1.807, 2.05) is 7.05 Å². The van der Waals surface area contributed by atoms with Gasteiger partial charge in [-0.2, -0.15) is 0 Å². The van der Waals surface area contributed by atoms with E-state index in [4.69, 9.17) is 4.74 Å². The van der Waals surface area contributed by atoms with E-state index in [2.05, 4.69) is 18.3 Å². The smallest absolute Gasteiger partial charge is 0.0734 e. The molecule has 0 heterocycles. The molecule has 0 aromatic heterocycles. The van der Waals surface area contributed by atoms with Crippen molar-refractivity contribution in [1.82, 2.24) is 5.32 Å². The van der Waals surface area contributed by atoms with Crippen LogP contribution in [0.2, 0.25) is 0 Å². The van der Waals surface area contributed by atoms with E-state index in [1.54, 1.807) is 12.7 Å². The van der Waals surface area contributed by atoms with E-state index in [-0.39, 0.29) is 6.10 Å². The Balaban J connectivity index is 2.61. The molecule has 2 heteroatoms. The third-order valence-corrected chi connectivity index (χ3v) is 3.13. The molecule has 1 aliphatic carbocycles. The van der Waals surface area contributed by atoms with Crippen LogP contribution in [0.15, 0.2) is 11.6 Å². The number of nitrogens with one attached hydrogen (secondary N) is 1. The molecular formula is C12H23NO. The maximum absolute atomic E-state index is 5.39. The molecule has 0 spiro atoms. The third-order valence-electron chi connectivity index (χ3n) is 3.13. The number of likely N-dealkylation sites (N-methyl/N-ethyl adjacent to an activating group) is 1. The van der Waals surface area contributed by atoms with Gasteiger partial charge in [-0.3, -0.25) is 0 Å². The average molecular weight is 197 g/mol. The second kappa shape index (κ2) is 6.20. The van der Waals surface area contributed by atoms with Crippen LogP contribution in [-0.4, -0.2) is 26.3 Å². The summed E-state index contributed by atoms with van der Waals surface area (Å²) >= 11 is 0. The fourth-order valence-corrected chi connectivity index (χ4v) is 2.18. The molecule has 0 radical (unpaired) electrons. The lowest BCUT2D eigenvalue weighted by atomic mass is 9.98. The molecule has 0 bridgehead atoms. The maximum atomic E-state index is 5.39. The van der Waals surface area contributed by atoms with E-state index >= 15 is 0 Å². The number of allylic oxidation sites excluding steroid dienone is 1. The minimum Gasteiger partial charge on any atom is -0.380 e. The molecule has 0 saturated carbocycles. The molecule has 0 aromatic rings. The van der Waals surface area contributed by atoms with Crippen LogP contribution in [0.4, 0.5) is 0 Å². The summed E-state index contributed by atoms with van der Waals surface area (Å²) in [7, 11) is 3.80. The molecule has 82 valence electrons. The Morgan fingerprint density at radius 2 is 2.14 bits per heavy atom.